The van der Waals surface area contributed by atoms with Gasteiger partial charge < -0.3 is 14.5 Å². The van der Waals surface area contributed by atoms with Crippen LogP contribution in [0.25, 0.3) is 11.1 Å². The summed E-state index contributed by atoms with van der Waals surface area (Å²) in [5.74, 6) is -0.656. The maximum atomic E-state index is 13.0. The number of anilines is 1. The smallest absolute Gasteiger partial charge is 0.307 e. The lowest BCUT2D eigenvalue weighted by atomic mass is 10.2. The molecule has 1 heterocycles. The molecule has 0 saturated heterocycles. The molecule has 2 aromatic rings. The molecule has 6 heteroatoms. The Morgan fingerprint density at radius 3 is 3.11 bits per heavy atom. The van der Waals surface area contributed by atoms with Gasteiger partial charge in [0.25, 0.3) is 6.01 Å². The van der Waals surface area contributed by atoms with Crippen molar-refractivity contribution in [3.8, 4) is 0 Å². The summed E-state index contributed by atoms with van der Waals surface area (Å²) in [7, 11) is 0. The molecule has 0 amide bonds. The number of hydrogen-bond acceptors (Lipinski definition) is 5. The minimum Gasteiger partial charge on any atom is -0.466 e. The number of nitrogens with one attached hydrogen (secondary N) is 1. The van der Waals surface area contributed by atoms with E-state index in [0.29, 0.717) is 17.7 Å². The summed E-state index contributed by atoms with van der Waals surface area (Å²) in [6.45, 7) is 3.92. The van der Waals surface area contributed by atoms with E-state index in [9.17, 15) is 9.18 Å². The molecule has 1 unspecified atom stereocenters. The second kappa shape index (κ2) is 5.69. The lowest BCUT2D eigenvalue weighted by molar-refractivity contribution is -0.143. The number of benzene rings is 1. The zero-order valence-corrected chi connectivity index (χ0v) is 10.8. The lowest BCUT2D eigenvalue weighted by Gasteiger charge is -2.10. The van der Waals surface area contributed by atoms with Crippen LogP contribution in [0.4, 0.5) is 10.4 Å². The second-order valence-electron chi connectivity index (χ2n) is 4.19. The molecule has 0 bridgehead atoms. The SMILES string of the molecule is CCOC(=O)CC(C)Nc1nc2cc(F)ccc2o1. The molecule has 0 aliphatic rings. The topological polar surface area (TPSA) is 64.4 Å². The number of aromatic nitrogens is 1. The molecule has 5 nitrogen and oxygen atoms in total. The van der Waals surface area contributed by atoms with Crippen LogP contribution in [0.1, 0.15) is 20.3 Å². The van der Waals surface area contributed by atoms with Gasteiger partial charge in [-0.15, -0.1) is 0 Å². The number of halogens is 1. The van der Waals surface area contributed by atoms with Gasteiger partial charge in [-0.3, -0.25) is 4.79 Å². The minimum atomic E-state index is -0.369. The number of carbonyl (C=O) groups excluding carboxylic acids is 1. The summed E-state index contributed by atoms with van der Waals surface area (Å²) < 4.78 is 23.2. The van der Waals surface area contributed by atoms with Gasteiger partial charge in [0.15, 0.2) is 5.58 Å². The molecule has 2 rings (SSSR count). The zero-order valence-electron chi connectivity index (χ0n) is 10.8. The van der Waals surface area contributed by atoms with Gasteiger partial charge in [0.1, 0.15) is 11.3 Å². The van der Waals surface area contributed by atoms with Gasteiger partial charge in [-0.05, 0) is 26.0 Å². The lowest BCUT2D eigenvalue weighted by Crippen LogP contribution is -2.21. The van der Waals surface area contributed by atoms with Crippen molar-refractivity contribution >= 4 is 23.1 Å². The summed E-state index contributed by atoms with van der Waals surface area (Å²) in [4.78, 5) is 15.4. The molecule has 0 aliphatic carbocycles. The highest BCUT2D eigenvalue weighted by molar-refractivity contribution is 5.74. The third-order valence-electron chi connectivity index (χ3n) is 2.50. The van der Waals surface area contributed by atoms with Gasteiger partial charge in [0.2, 0.25) is 0 Å². The average Bonchev–Trinajstić information content (AvgIpc) is 2.70. The normalized spacial score (nSPS) is 12.4. The van der Waals surface area contributed by atoms with Crippen LogP contribution in [0.2, 0.25) is 0 Å². The fourth-order valence-corrected chi connectivity index (χ4v) is 1.69. The first-order chi connectivity index (χ1) is 9.08. The zero-order chi connectivity index (χ0) is 13.8. The molecule has 1 aromatic carbocycles. The number of ether oxygens (including phenoxy) is 1. The van der Waals surface area contributed by atoms with E-state index in [4.69, 9.17) is 9.15 Å². The summed E-state index contributed by atoms with van der Waals surface area (Å²) in [5, 5.41) is 2.94. The standard InChI is InChI=1S/C13H15FN2O3/c1-3-18-12(17)6-8(2)15-13-16-10-7-9(14)4-5-11(10)19-13/h4-5,7-8H,3,6H2,1-2H3,(H,15,16). The molecule has 102 valence electrons. The molecule has 0 aliphatic heterocycles. The Bertz CT molecular complexity index is 582. The van der Waals surface area contributed by atoms with Crippen LogP contribution in [0.15, 0.2) is 22.6 Å². The van der Waals surface area contributed by atoms with Crippen LogP contribution in [0.5, 0.6) is 0 Å². The van der Waals surface area contributed by atoms with E-state index in [2.05, 4.69) is 10.3 Å². The number of hydrogen-bond donors (Lipinski definition) is 1. The Balaban J connectivity index is 2.02. The highest BCUT2D eigenvalue weighted by atomic mass is 19.1. The maximum absolute atomic E-state index is 13.0. The summed E-state index contributed by atoms with van der Waals surface area (Å²) in [6.07, 6.45) is 0.209. The van der Waals surface area contributed by atoms with Crippen molar-refractivity contribution in [1.29, 1.82) is 0 Å². The predicted octanol–water partition coefficient (Wildman–Crippen LogP) is 2.72. The number of esters is 1. The largest absolute Gasteiger partial charge is 0.466 e. The van der Waals surface area contributed by atoms with Crippen molar-refractivity contribution in [3.63, 3.8) is 0 Å². The molecular formula is C13H15FN2O3. The van der Waals surface area contributed by atoms with E-state index in [1.165, 1.54) is 18.2 Å². The first-order valence-electron chi connectivity index (χ1n) is 6.06. The highest BCUT2D eigenvalue weighted by Gasteiger charge is 2.13. The highest BCUT2D eigenvalue weighted by Crippen LogP contribution is 2.20. The minimum absolute atomic E-state index is 0.183. The van der Waals surface area contributed by atoms with Crippen molar-refractivity contribution in [2.24, 2.45) is 0 Å². The van der Waals surface area contributed by atoms with Crippen molar-refractivity contribution in [3.05, 3.63) is 24.0 Å². The maximum Gasteiger partial charge on any atom is 0.307 e. The Morgan fingerprint density at radius 1 is 1.58 bits per heavy atom. The van der Waals surface area contributed by atoms with Crippen LogP contribution in [0, 0.1) is 5.82 Å². The van der Waals surface area contributed by atoms with E-state index >= 15 is 0 Å². The number of fused-ring (bicyclic) bond motifs is 1. The number of oxazole rings is 1. The molecule has 0 radical (unpaired) electrons. The van der Waals surface area contributed by atoms with E-state index in [-0.39, 0.29) is 30.3 Å². The summed E-state index contributed by atoms with van der Waals surface area (Å²) in [5.41, 5.74) is 0.929. The summed E-state index contributed by atoms with van der Waals surface area (Å²) >= 11 is 0. The Morgan fingerprint density at radius 2 is 2.37 bits per heavy atom. The number of carbonyl (C=O) groups is 1. The molecule has 1 aromatic heterocycles. The third-order valence-corrected chi connectivity index (χ3v) is 2.50. The number of nitrogens with zero attached hydrogens (tertiary/aromatic N) is 1. The Kier molecular flexibility index (Phi) is 3.99. The fraction of sp³-hybridized carbons (Fsp3) is 0.385. The Hall–Kier alpha value is -2.11. The van der Waals surface area contributed by atoms with Crippen molar-refractivity contribution in [2.75, 3.05) is 11.9 Å². The molecule has 1 N–H and O–H groups in total. The Labute approximate surface area is 109 Å². The molecule has 0 fully saturated rings. The van der Waals surface area contributed by atoms with Gasteiger partial charge in [-0.2, -0.15) is 4.98 Å². The van der Waals surface area contributed by atoms with Crippen LogP contribution in [0.3, 0.4) is 0 Å². The molecular weight excluding hydrogens is 251 g/mol. The van der Waals surface area contributed by atoms with Gasteiger partial charge in [0, 0.05) is 12.1 Å². The van der Waals surface area contributed by atoms with Gasteiger partial charge in [-0.25, -0.2) is 4.39 Å². The van der Waals surface area contributed by atoms with E-state index in [1.807, 2.05) is 6.92 Å². The third kappa shape index (κ3) is 3.43. The molecule has 0 spiro atoms. The average molecular weight is 266 g/mol. The van der Waals surface area contributed by atoms with Crippen LogP contribution in [-0.2, 0) is 9.53 Å². The van der Waals surface area contributed by atoms with Gasteiger partial charge in [-0.1, -0.05) is 0 Å². The quantitative estimate of drug-likeness (QED) is 0.843. The van der Waals surface area contributed by atoms with Gasteiger partial charge >= 0.3 is 5.97 Å². The van der Waals surface area contributed by atoms with Crippen molar-refractivity contribution in [1.82, 2.24) is 4.98 Å². The predicted molar refractivity (Wildman–Crippen MR) is 68.3 cm³/mol. The van der Waals surface area contributed by atoms with Crippen LogP contribution in [-0.4, -0.2) is 23.6 Å². The van der Waals surface area contributed by atoms with Gasteiger partial charge in [0.05, 0.1) is 13.0 Å². The fourth-order valence-electron chi connectivity index (χ4n) is 1.69. The van der Waals surface area contributed by atoms with E-state index in [1.54, 1.807) is 6.92 Å². The second-order valence-corrected chi connectivity index (χ2v) is 4.19. The summed E-state index contributed by atoms with van der Waals surface area (Å²) in [6, 6.07) is 4.19. The van der Waals surface area contributed by atoms with Crippen molar-refractivity contribution in [2.45, 2.75) is 26.3 Å². The van der Waals surface area contributed by atoms with Crippen LogP contribution < -0.4 is 5.32 Å². The van der Waals surface area contributed by atoms with Crippen LogP contribution >= 0.6 is 0 Å². The molecule has 19 heavy (non-hydrogen) atoms. The first-order valence-corrected chi connectivity index (χ1v) is 6.06. The van der Waals surface area contributed by atoms with Crippen molar-refractivity contribution < 1.29 is 18.3 Å². The monoisotopic (exact) mass is 266 g/mol. The molecule has 1 atom stereocenters. The van der Waals surface area contributed by atoms with E-state index < -0.39 is 0 Å². The van der Waals surface area contributed by atoms with E-state index in [0.717, 1.165) is 0 Å². The number of rotatable bonds is 5. The molecule has 0 saturated carbocycles. The first kappa shape index (κ1) is 13.3.